The van der Waals surface area contributed by atoms with Crippen molar-refractivity contribution in [2.45, 2.75) is 17.9 Å². The number of nitrogens with two attached hydrogens (primary N) is 1. The van der Waals surface area contributed by atoms with Crippen LogP contribution in [0.3, 0.4) is 0 Å². The Hall–Kier alpha value is -0.810. The van der Waals surface area contributed by atoms with E-state index in [0.29, 0.717) is 5.56 Å². The van der Waals surface area contributed by atoms with Crippen LogP contribution in [0.15, 0.2) is 17.0 Å². The van der Waals surface area contributed by atoms with Gasteiger partial charge in [-0.05, 0) is 19.1 Å². The van der Waals surface area contributed by atoms with Gasteiger partial charge in [-0.2, -0.15) is 0 Å². The zero-order valence-electron chi connectivity index (χ0n) is 11.6. The highest BCUT2D eigenvalue weighted by Gasteiger charge is 2.24. The Morgan fingerprint density at radius 3 is 2.43 bits per heavy atom. The number of hydrogen-bond donors (Lipinski definition) is 2. The molecule has 0 heterocycles. The minimum Gasteiger partial charge on any atom is -0.383 e. The fraction of sp³-hybridized carbons (Fsp3) is 0.385. The number of hydrogen-bond acceptors (Lipinski definition) is 4. The van der Waals surface area contributed by atoms with Gasteiger partial charge >= 0.3 is 0 Å². The summed E-state index contributed by atoms with van der Waals surface area (Å²) in [6.07, 6.45) is 0. The molecule has 0 spiro atoms. The molecule has 1 aromatic carbocycles. The Balaban J connectivity index is 3.19. The molecule has 0 radical (unpaired) electrons. The summed E-state index contributed by atoms with van der Waals surface area (Å²) in [6.45, 7) is 2.09. The second kappa shape index (κ2) is 7.99. The Kier molecular flexibility index (Phi) is 6.94. The van der Waals surface area contributed by atoms with E-state index in [0.717, 1.165) is 0 Å². The normalized spacial score (nSPS) is 12.6. The quantitative estimate of drug-likeness (QED) is 0.790. The van der Waals surface area contributed by atoms with Gasteiger partial charge in [0.25, 0.3) is 0 Å². The van der Waals surface area contributed by atoms with Crippen molar-refractivity contribution in [2.24, 2.45) is 5.73 Å². The molecular formula is C13H16Cl2N2O3S. The van der Waals surface area contributed by atoms with E-state index in [-0.39, 0.29) is 28.1 Å². The SMILES string of the molecule is COCC(C)NS(=O)(=O)c1c(Cl)cc(C#CCN)cc1Cl. The zero-order valence-corrected chi connectivity index (χ0v) is 13.9. The van der Waals surface area contributed by atoms with Gasteiger partial charge in [0.15, 0.2) is 0 Å². The maximum atomic E-state index is 12.3. The van der Waals surface area contributed by atoms with Gasteiger partial charge in [0.2, 0.25) is 10.0 Å². The van der Waals surface area contributed by atoms with Crippen LogP contribution in [0.25, 0.3) is 0 Å². The molecule has 0 aliphatic heterocycles. The first kappa shape index (κ1) is 18.2. The van der Waals surface area contributed by atoms with Crippen LogP contribution in [0.1, 0.15) is 12.5 Å². The van der Waals surface area contributed by atoms with Gasteiger partial charge in [0.05, 0.1) is 23.2 Å². The van der Waals surface area contributed by atoms with Gasteiger partial charge in [-0.25, -0.2) is 13.1 Å². The molecule has 1 atom stereocenters. The van der Waals surface area contributed by atoms with Crippen molar-refractivity contribution < 1.29 is 13.2 Å². The number of benzene rings is 1. The van der Waals surface area contributed by atoms with E-state index in [1.165, 1.54) is 19.2 Å². The number of methoxy groups -OCH3 is 1. The van der Waals surface area contributed by atoms with E-state index in [1.54, 1.807) is 6.92 Å². The standard InChI is InChI=1S/C13H16Cl2N2O3S/c1-9(8-20-2)17-21(18,19)13-11(14)6-10(4-3-5-16)7-12(13)15/h6-7,9,17H,5,8,16H2,1-2H3. The van der Waals surface area contributed by atoms with E-state index in [9.17, 15) is 8.42 Å². The van der Waals surface area contributed by atoms with Crippen molar-refractivity contribution in [3.8, 4) is 11.8 Å². The van der Waals surface area contributed by atoms with Crippen LogP contribution in [0, 0.1) is 11.8 Å². The van der Waals surface area contributed by atoms with Crippen molar-refractivity contribution >= 4 is 33.2 Å². The van der Waals surface area contributed by atoms with Crippen molar-refractivity contribution in [1.82, 2.24) is 4.72 Å². The van der Waals surface area contributed by atoms with Crippen molar-refractivity contribution in [2.75, 3.05) is 20.3 Å². The summed E-state index contributed by atoms with van der Waals surface area (Å²) in [5.74, 6) is 5.39. The van der Waals surface area contributed by atoms with Crippen molar-refractivity contribution in [3.05, 3.63) is 27.7 Å². The summed E-state index contributed by atoms with van der Waals surface area (Å²) in [5.41, 5.74) is 5.78. The molecule has 0 bridgehead atoms. The Labute approximate surface area is 134 Å². The molecule has 5 nitrogen and oxygen atoms in total. The van der Waals surface area contributed by atoms with Crippen LogP contribution < -0.4 is 10.5 Å². The lowest BCUT2D eigenvalue weighted by Crippen LogP contribution is -2.35. The third-order valence-electron chi connectivity index (χ3n) is 2.37. The van der Waals surface area contributed by atoms with Crippen molar-refractivity contribution in [1.29, 1.82) is 0 Å². The molecule has 0 fully saturated rings. The third-order valence-corrected chi connectivity index (χ3v) is 4.89. The molecule has 8 heteroatoms. The summed E-state index contributed by atoms with van der Waals surface area (Å²) in [7, 11) is -2.37. The molecule has 1 aromatic rings. The van der Waals surface area contributed by atoms with E-state index in [1.807, 2.05) is 0 Å². The number of ether oxygens (including phenoxy) is 1. The highest BCUT2D eigenvalue weighted by molar-refractivity contribution is 7.89. The fourth-order valence-electron chi connectivity index (χ4n) is 1.65. The Bertz CT molecular complexity index is 643. The lowest BCUT2D eigenvalue weighted by atomic mass is 10.2. The van der Waals surface area contributed by atoms with Crippen LogP contribution in [0.4, 0.5) is 0 Å². The molecule has 0 saturated carbocycles. The molecule has 116 valence electrons. The molecule has 3 N–H and O–H groups in total. The number of halogens is 2. The first-order valence-electron chi connectivity index (χ1n) is 6.01. The first-order chi connectivity index (χ1) is 9.81. The summed E-state index contributed by atoms with van der Waals surface area (Å²) in [6, 6.07) is 2.46. The fourth-order valence-corrected chi connectivity index (χ4v) is 4.09. The molecule has 21 heavy (non-hydrogen) atoms. The van der Waals surface area contributed by atoms with Crippen molar-refractivity contribution in [3.63, 3.8) is 0 Å². The zero-order chi connectivity index (χ0) is 16.0. The van der Waals surface area contributed by atoms with Gasteiger partial charge in [-0.15, -0.1) is 0 Å². The minimum atomic E-state index is -3.85. The molecular weight excluding hydrogens is 335 g/mol. The average molecular weight is 351 g/mol. The van der Waals surface area contributed by atoms with Gasteiger partial charge < -0.3 is 10.5 Å². The first-order valence-corrected chi connectivity index (χ1v) is 8.25. The maximum Gasteiger partial charge on any atom is 0.243 e. The largest absolute Gasteiger partial charge is 0.383 e. The number of rotatable bonds is 5. The maximum absolute atomic E-state index is 12.3. The van der Waals surface area contributed by atoms with Gasteiger partial charge in [-0.1, -0.05) is 35.0 Å². The predicted octanol–water partition coefficient (Wildman–Crippen LogP) is 1.62. The van der Waals surface area contributed by atoms with Gasteiger partial charge in [0.1, 0.15) is 4.90 Å². The van der Waals surface area contributed by atoms with Crippen LogP contribution in [0.5, 0.6) is 0 Å². The second-order valence-corrected chi connectivity index (χ2v) is 6.72. The predicted molar refractivity (Wildman–Crippen MR) is 84.1 cm³/mol. The number of sulfonamides is 1. The lowest BCUT2D eigenvalue weighted by Gasteiger charge is -2.15. The smallest absolute Gasteiger partial charge is 0.243 e. The molecule has 0 saturated heterocycles. The van der Waals surface area contributed by atoms with E-state index in [4.69, 9.17) is 33.7 Å². The van der Waals surface area contributed by atoms with Crippen LogP contribution in [0.2, 0.25) is 10.0 Å². The summed E-state index contributed by atoms with van der Waals surface area (Å²) in [5, 5.41) is 0.00174. The summed E-state index contributed by atoms with van der Waals surface area (Å²) in [4.78, 5) is -0.174. The average Bonchev–Trinajstić information content (AvgIpc) is 2.34. The summed E-state index contributed by atoms with van der Waals surface area (Å²) >= 11 is 12.0. The molecule has 1 rings (SSSR count). The monoisotopic (exact) mass is 350 g/mol. The molecule has 0 amide bonds. The minimum absolute atomic E-state index is 0.000869. The van der Waals surface area contributed by atoms with Crippen LogP contribution >= 0.6 is 23.2 Å². The summed E-state index contributed by atoms with van der Waals surface area (Å²) < 4.78 is 31.9. The number of nitrogens with one attached hydrogen (secondary N) is 1. The molecule has 0 aromatic heterocycles. The second-order valence-electron chi connectivity index (χ2n) is 4.25. The Morgan fingerprint density at radius 1 is 1.38 bits per heavy atom. The van der Waals surface area contributed by atoms with E-state index < -0.39 is 16.1 Å². The van der Waals surface area contributed by atoms with Crippen LogP contribution in [-0.2, 0) is 14.8 Å². The lowest BCUT2D eigenvalue weighted by molar-refractivity contribution is 0.180. The van der Waals surface area contributed by atoms with Crippen LogP contribution in [-0.4, -0.2) is 34.7 Å². The molecule has 1 unspecified atom stereocenters. The molecule has 0 aliphatic rings. The Morgan fingerprint density at radius 2 is 1.95 bits per heavy atom. The third kappa shape index (κ3) is 5.15. The topological polar surface area (TPSA) is 81.4 Å². The van der Waals surface area contributed by atoms with Gasteiger partial charge in [0, 0.05) is 18.7 Å². The highest BCUT2D eigenvalue weighted by atomic mass is 35.5. The van der Waals surface area contributed by atoms with E-state index >= 15 is 0 Å². The molecule has 0 aliphatic carbocycles. The van der Waals surface area contributed by atoms with Gasteiger partial charge in [-0.3, -0.25) is 0 Å². The highest BCUT2D eigenvalue weighted by Crippen LogP contribution is 2.30. The van der Waals surface area contributed by atoms with E-state index in [2.05, 4.69) is 16.6 Å².